The number of aryl methyl sites for hydroxylation is 1. The fourth-order valence-electron chi connectivity index (χ4n) is 2.26. The van der Waals surface area contributed by atoms with Crippen LogP contribution in [-0.4, -0.2) is 12.0 Å². The van der Waals surface area contributed by atoms with E-state index in [1.807, 2.05) is 25.1 Å². The molecule has 0 heterocycles. The third-order valence-corrected chi connectivity index (χ3v) is 3.60. The summed E-state index contributed by atoms with van der Waals surface area (Å²) in [6.07, 6.45) is -0.728. The molecule has 0 aliphatic heterocycles. The largest absolute Gasteiger partial charge is 0.481 e. The van der Waals surface area contributed by atoms with E-state index in [9.17, 15) is 9.18 Å². The second-order valence-corrected chi connectivity index (χ2v) is 5.93. The molecule has 0 spiro atoms. The number of para-hydroxylation sites is 1. The topological polar surface area (TPSA) is 38.3 Å². The molecule has 23 heavy (non-hydrogen) atoms. The number of ether oxygens (including phenoxy) is 1. The molecular formula is C19H22FNO2. The van der Waals surface area contributed by atoms with Crippen molar-refractivity contribution in [1.82, 2.24) is 0 Å². The number of anilines is 1. The molecule has 0 radical (unpaired) electrons. The van der Waals surface area contributed by atoms with E-state index in [4.69, 9.17) is 4.74 Å². The molecular weight excluding hydrogens is 293 g/mol. The van der Waals surface area contributed by atoms with E-state index >= 15 is 0 Å². The zero-order chi connectivity index (χ0) is 17.0. The molecule has 0 aliphatic rings. The van der Waals surface area contributed by atoms with Crippen molar-refractivity contribution in [3.63, 3.8) is 0 Å². The number of halogens is 1. The maximum atomic E-state index is 13.6. The Morgan fingerprint density at radius 2 is 1.83 bits per heavy atom. The third-order valence-electron chi connectivity index (χ3n) is 3.60. The summed E-state index contributed by atoms with van der Waals surface area (Å²) in [5.74, 6) is 0.126. The Hall–Kier alpha value is -2.36. The van der Waals surface area contributed by atoms with Crippen molar-refractivity contribution >= 4 is 11.6 Å². The van der Waals surface area contributed by atoms with Crippen molar-refractivity contribution in [3.8, 4) is 5.75 Å². The monoisotopic (exact) mass is 315 g/mol. The Bertz CT molecular complexity index is 698. The highest BCUT2D eigenvalue weighted by molar-refractivity contribution is 5.94. The molecule has 2 aromatic carbocycles. The molecule has 0 fully saturated rings. The number of hydrogen-bond donors (Lipinski definition) is 1. The van der Waals surface area contributed by atoms with Gasteiger partial charge in [-0.25, -0.2) is 4.39 Å². The normalized spacial score (nSPS) is 12.1. The van der Waals surface area contributed by atoms with Gasteiger partial charge in [-0.3, -0.25) is 4.79 Å². The van der Waals surface area contributed by atoms with Crippen LogP contribution in [0.5, 0.6) is 5.75 Å². The number of nitrogens with one attached hydrogen (secondary N) is 1. The van der Waals surface area contributed by atoms with Crippen molar-refractivity contribution < 1.29 is 13.9 Å². The number of amides is 1. The van der Waals surface area contributed by atoms with Crippen LogP contribution >= 0.6 is 0 Å². The van der Waals surface area contributed by atoms with E-state index < -0.39 is 11.9 Å². The van der Waals surface area contributed by atoms with Gasteiger partial charge in [0.15, 0.2) is 6.10 Å². The van der Waals surface area contributed by atoms with Crippen LogP contribution in [0.15, 0.2) is 42.5 Å². The summed E-state index contributed by atoms with van der Waals surface area (Å²) < 4.78 is 19.4. The first-order valence-corrected chi connectivity index (χ1v) is 7.71. The minimum atomic E-state index is -0.728. The van der Waals surface area contributed by atoms with Gasteiger partial charge in [0.2, 0.25) is 0 Å². The highest BCUT2D eigenvalue weighted by Crippen LogP contribution is 2.28. The van der Waals surface area contributed by atoms with Crippen molar-refractivity contribution in [2.24, 2.45) is 0 Å². The predicted octanol–water partition coefficient (Wildman–Crippen LogP) is 4.66. The maximum absolute atomic E-state index is 13.6. The average Bonchev–Trinajstić information content (AvgIpc) is 2.49. The Kier molecular flexibility index (Phi) is 5.37. The lowest BCUT2D eigenvalue weighted by Crippen LogP contribution is -2.30. The molecule has 1 atom stereocenters. The zero-order valence-corrected chi connectivity index (χ0v) is 13.9. The summed E-state index contributed by atoms with van der Waals surface area (Å²) in [6.45, 7) is 7.77. The SMILES string of the molecule is Cc1ccc(C(C)C)c(O[C@@H](C)C(=O)Nc2ccccc2F)c1. The van der Waals surface area contributed by atoms with Crippen LogP contribution < -0.4 is 10.1 Å². The van der Waals surface area contributed by atoms with Crippen molar-refractivity contribution in [2.75, 3.05) is 5.32 Å². The first-order chi connectivity index (χ1) is 10.9. The molecule has 3 nitrogen and oxygen atoms in total. The lowest BCUT2D eigenvalue weighted by molar-refractivity contribution is -0.122. The molecule has 0 unspecified atom stereocenters. The van der Waals surface area contributed by atoms with Gasteiger partial charge in [0, 0.05) is 0 Å². The van der Waals surface area contributed by atoms with E-state index in [1.54, 1.807) is 19.1 Å². The number of carbonyl (C=O) groups excluding carboxylic acids is 1. The lowest BCUT2D eigenvalue weighted by Gasteiger charge is -2.19. The highest BCUT2D eigenvalue weighted by Gasteiger charge is 2.18. The molecule has 2 rings (SSSR count). The van der Waals surface area contributed by atoms with Crippen molar-refractivity contribution in [1.29, 1.82) is 0 Å². The van der Waals surface area contributed by atoms with Crippen LogP contribution in [0.4, 0.5) is 10.1 Å². The zero-order valence-electron chi connectivity index (χ0n) is 13.9. The Morgan fingerprint density at radius 3 is 2.48 bits per heavy atom. The number of benzene rings is 2. The molecule has 0 saturated heterocycles. The number of carbonyl (C=O) groups is 1. The van der Waals surface area contributed by atoms with Gasteiger partial charge in [0.1, 0.15) is 11.6 Å². The van der Waals surface area contributed by atoms with E-state index in [0.29, 0.717) is 5.75 Å². The molecule has 0 aromatic heterocycles. The minimum Gasteiger partial charge on any atom is -0.481 e. The Labute approximate surface area is 136 Å². The van der Waals surface area contributed by atoms with E-state index in [2.05, 4.69) is 19.2 Å². The predicted molar refractivity (Wildman–Crippen MR) is 90.4 cm³/mol. The summed E-state index contributed by atoms with van der Waals surface area (Å²) in [6, 6.07) is 12.0. The fraction of sp³-hybridized carbons (Fsp3) is 0.316. The minimum absolute atomic E-state index is 0.154. The molecule has 1 N–H and O–H groups in total. The van der Waals surface area contributed by atoms with Crippen LogP contribution in [0.25, 0.3) is 0 Å². The summed E-state index contributed by atoms with van der Waals surface area (Å²) in [7, 11) is 0. The first-order valence-electron chi connectivity index (χ1n) is 7.71. The maximum Gasteiger partial charge on any atom is 0.265 e. The molecule has 1 amide bonds. The molecule has 122 valence electrons. The van der Waals surface area contributed by atoms with Crippen LogP contribution in [0, 0.1) is 12.7 Å². The highest BCUT2D eigenvalue weighted by atomic mass is 19.1. The second-order valence-electron chi connectivity index (χ2n) is 5.93. The average molecular weight is 315 g/mol. The third kappa shape index (κ3) is 4.31. The smallest absolute Gasteiger partial charge is 0.265 e. The van der Waals surface area contributed by atoms with Gasteiger partial charge in [0.05, 0.1) is 5.69 Å². The molecule has 4 heteroatoms. The summed E-state index contributed by atoms with van der Waals surface area (Å²) >= 11 is 0. The quantitative estimate of drug-likeness (QED) is 0.871. The molecule has 0 aliphatic carbocycles. The van der Waals surface area contributed by atoms with Gasteiger partial charge in [0.25, 0.3) is 5.91 Å². The van der Waals surface area contributed by atoms with Gasteiger partial charge >= 0.3 is 0 Å². The summed E-state index contributed by atoms with van der Waals surface area (Å²) in [5.41, 5.74) is 2.26. The van der Waals surface area contributed by atoms with Gasteiger partial charge < -0.3 is 10.1 Å². The van der Waals surface area contributed by atoms with Crippen LogP contribution in [-0.2, 0) is 4.79 Å². The standard InChI is InChI=1S/C19H22FNO2/c1-12(2)15-10-9-13(3)11-18(15)23-14(4)19(22)21-17-8-6-5-7-16(17)20/h5-12,14H,1-4H3,(H,21,22)/t14-/m0/s1. The second kappa shape index (κ2) is 7.27. The van der Waals surface area contributed by atoms with Crippen LogP contribution in [0.1, 0.15) is 37.8 Å². The summed E-state index contributed by atoms with van der Waals surface area (Å²) in [4.78, 5) is 12.2. The van der Waals surface area contributed by atoms with E-state index in [1.165, 1.54) is 12.1 Å². The molecule has 2 aromatic rings. The number of rotatable bonds is 5. The Morgan fingerprint density at radius 1 is 1.13 bits per heavy atom. The molecule has 0 bridgehead atoms. The number of hydrogen-bond acceptors (Lipinski definition) is 2. The Balaban J connectivity index is 2.13. The first kappa shape index (κ1) is 17.0. The molecule has 0 saturated carbocycles. The summed E-state index contributed by atoms with van der Waals surface area (Å²) in [5, 5.41) is 2.55. The van der Waals surface area contributed by atoms with E-state index in [0.717, 1.165) is 11.1 Å². The van der Waals surface area contributed by atoms with Gasteiger partial charge in [-0.15, -0.1) is 0 Å². The van der Waals surface area contributed by atoms with Gasteiger partial charge in [-0.2, -0.15) is 0 Å². The van der Waals surface area contributed by atoms with Gasteiger partial charge in [-0.1, -0.05) is 38.1 Å². The van der Waals surface area contributed by atoms with Crippen molar-refractivity contribution in [2.45, 2.75) is 39.7 Å². The van der Waals surface area contributed by atoms with Crippen LogP contribution in [0.3, 0.4) is 0 Å². The van der Waals surface area contributed by atoms with Gasteiger partial charge in [-0.05, 0) is 49.1 Å². The lowest BCUT2D eigenvalue weighted by atomic mass is 10.0. The fourth-order valence-corrected chi connectivity index (χ4v) is 2.26. The van der Waals surface area contributed by atoms with E-state index in [-0.39, 0.29) is 17.5 Å². The van der Waals surface area contributed by atoms with Crippen molar-refractivity contribution in [3.05, 3.63) is 59.4 Å². The van der Waals surface area contributed by atoms with Crippen LogP contribution in [0.2, 0.25) is 0 Å².